The van der Waals surface area contributed by atoms with E-state index in [1.165, 1.54) is 19.4 Å². The van der Waals surface area contributed by atoms with Crippen LogP contribution >= 0.6 is 0 Å². The maximum absolute atomic E-state index is 13.8. The average molecular weight is 317 g/mol. The van der Waals surface area contributed by atoms with E-state index in [9.17, 15) is 12.8 Å². The molecule has 0 aliphatic carbocycles. The Labute approximate surface area is 126 Å². The second-order valence-electron chi connectivity index (χ2n) is 5.17. The highest BCUT2D eigenvalue weighted by atomic mass is 32.2. The van der Waals surface area contributed by atoms with Crippen LogP contribution in [0.15, 0.2) is 18.2 Å². The third-order valence-electron chi connectivity index (χ3n) is 3.23. The third-order valence-corrected chi connectivity index (χ3v) is 4.26. The molecule has 0 aliphatic rings. The monoisotopic (exact) mass is 317 g/mol. The number of hydrogen-bond acceptors (Lipinski definition) is 4. The molecule has 0 heterocycles. The van der Waals surface area contributed by atoms with Crippen molar-refractivity contribution in [3.63, 3.8) is 0 Å². The third kappa shape index (κ3) is 6.44. The fourth-order valence-corrected chi connectivity index (χ4v) is 2.85. The number of hydrogen-bond donors (Lipinski definition) is 1. The van der Waals surface area contributed by atoms with Crippen molar-refractivity contribution < 1.29 is 17.5 Å². The number of ether oxygens (including phenoxy) is 1. The van der Waals surface area contributed by atoms with Gasteiger partial charge < -0.3 is 10.1 Å². The van der Waals surface area contributed by atoms with Gasteiger partial charge >= 0.3 is 0 Å². The van der Waals surface area contributed by atoms with Gasteiger partial charge in [-0.05, 0) is 43.5 Å². The molecule has 0 amide bonds. The van der Waals surface area contributed by atoms with Crippen LogP contribution in [-0.2, 0) is 9.84 Å². The highest BCUT2D eigenvalue weighted by Gasteiger charge is 2.14. The highest BCUT2D eigenvalue weighted by molar-refractivity contribution is 7.90. The number of methoxy groups -OCH3 is 1. The summed E-state index contributed by atoms with van der Waals surface area (Å²) < 4.78 is 41.1. The number of halogens is 1. The second kappa shape index (κ2) is 8.34. The van der Waals surface area contributed by atoms with E-state index in [1.807, 2.05) is 6.07 Å². The summed E-state index contributed by atoms with van der Waals surface area (Å²) in [6, 6.07) is 4.82. The Bertz CT molecular complexity index is 546. The van der Waals surface area contributed by atoms with Crippen molar-refractivity contribution in [3.05, 3.63) is 29.6 Å². The van der Waals surface area contributed by atoms with Gasteiger partial charge in [0.1, 0.15) is 9.84 Å². The lowest BCUT2D eigenvalue weighted by molar-refractivity contribution is 0.385. The van der Waals surface area contributed by atoms with E-state index in [0.29, 0.717) is 12.8 Å². The predicted octanol–water partition coefficient (Wildman–Crippen LogP) is 2.70. The molecular weight excluding hydrogens is 293 g/mol. The van der Waals surface area contributed by atoms with E-state index in [-0.39, 0.29) is 17.5 Å². The van der Waals surface area contributed by atoms with Crippen molar-refractivity contribution in [1.29, 1.82) is 0 Å². The molecule has 1 N–H and O–H groups in total. The Morgan fingerprint density at radius 3 is 2.62 bits per heavy atom. The first-order chi connectivity index (χ1) is 9.87. The zero-order valence-electron chi connectivity index (χ0n) is 12.9. The summed E-state index contributed by atoms with van der Waals surface area (Å²) in [7, 11) is -1.54. The Balaban J connectivity index is 2.78. The fourth-order valence-electron chi connectivity index (χ4n) is 2.15. The van der Waals surface area contributed by atoms with E-state index in [1.54, 1.807) is 6.07 Å². The summed E-state index contributed by atoms with van der Waals surface area (Å²) in [6.07, 6.45) is 3.39. The molecule has 6 heteroatoms. The SMILES string of the molecule is CCCNC(CCCS(C)(=O)=O)c1ccc(OC)c(F)c1. The summed E-state index contributed by atoms with van der Waals surface area (Å²) in [6.45, 7) is 2.85. The van der Waals surface area contributed by atoms with Gasteiger partial charge in [0.25, 0.3) is 0 Å². The zero-order valence-corrected chi connectivity index (χ0v) is 13.7. The van der Waals surface area contributed by atoms with Crippen LogP contribution in [0.5, 0.6) is 5.75 Å². The van der Waals surface area contributed by atoms with Gasteiger partial charge in [0.15, 0.2) is 11.6 Å². The summed E-state index contributed by atoms with van der Waals surface area (Å²) in [4.78, 5) is 0. The predicted molar refractivity (Wildman–Crippen MR) is 82.9 cm³/mol. The standard InChI is InChI=1S/C15H24FNO3S/c1-4-9-17-14(6-5-10-21(3,18)19)12-7-8-15(20-2)13(16)11-12/h7-8,11,14,17H,4-6,9-10H2,1-3H3. The van der Waals surface area contributed by atoms with Crippen LogP contribution in [0.1, 0.15) is 37.8 Å². The van der Waals surface area contributed by atoms with Gasteiger partial charge in [-0.25, -0.2) is 12.8 Å². The molecule has 0 fully saturated rings. The molecular formula is C15H24FNO3S. The first-order valence-electron chi connectivity index (χ1n) is 7.12. The molecule has 4 nitrogen and oxygen atoms in total. The van der Waals surface area contributed by atoms with E-state index in [0.717, 1.165) is 18.5 Å². The van der Waals surface area contributed by atoms with E-state index in [4.69, 9.17) is 4.74 Å². The Morgan fingerprint density at radius 2 is 2.10 bits per heavy atom. The first-order valence-corrected chi connectivity index (χ1v) is 9.18. The maximum atomic E-state index is 13.8. The van der Waals surface area contributed by atoms with E-state index in [2.05, 4.69) is 12.2 Å². The van der Waals surface area contributed by atoms with Crippen LogP contribution in [0.25, 0.3) is 0 Å². The minimum atomic E-state index is -2.96. The fraction of sp³-hybridized carbons (Fsp3) is 0.600. The van der Waals surface area contributed by atoms with Gasteiger partial charge in [0.2, 0.25) is 0 Å². The Morgan fingerprint density at radius 1 is 1.38 bits per heavy atom. The molecule has 1 aromatic rings. The molecule has 0 radical (unpaired) electrons. The van der Waals surface area contributed by atoms with E-state index >= 15 is 0 Å². The summed E-state index contributed by atoms with van der Waals surface area (Å²) in [5, 5.41) is 3.33. The molecule has 21 heavy (non-hydrogen) atoms. The van der Waals surface area contributed by atoms with Crippen LogP contribution in [-0.4, -0.2) is 34.1 Å². The minimum absolute atomic E-state index is 0.0490. The molecule has 120 valence electrons. The zero-order chi connectivity index (χ0) is 15.9. The Kier molecular flexibility index (Phi) is 7.11. The summed E-state index contributed by atoms with van der Waals surface area (Å²) in [5.41, 5.74) is 0.815. The maximum Gasteiger partial charge on any atom is 0.165 e. The van der Waals surface area contributed by atoms with Crippen molar-refractivity contribution >= 4 is 9.84 Å². The lowest BCUT2D eigenvalue weighted by Crippen LogP contribution is -2.23. The quantitative estimate of drug-likeness (QED) is 0.761. The molecule has 0 aromatic heterocycles. The lowest BCUT2D eigenvalue weighted by Gasteiger charge is -2.19. The molecule has 1 atom stereocenters. The average Bonchev–Trinajstić information content (AvgIpc) is 2.41. The number of sulfone groups is 1. The lowest BCUT2D eigenvalue weighted by atomic mass is 10.0. The molecule has 0 saturated heterocycles. The van der Waals surface area contributed by atoms with Crippen LogP contribution in [0.2, 0.25) is 0 Å². The smallest absolute Gasteiger partial charge is 0.165 e. The molecule has 0 aliphatic heterocycles. The second-order valence-corrected chi connectivity index (χ2v) is 7.43. The normalized spacial score (nSPS) is 13.1. The van der Waals surface area contributed by atoms with E-state index < -0.39 is 15.7 Å². The molecule has 1 aromatic carbocycles. The topological polar surface area (TPSA) is 55.4 Å². The van der Waals surface area contributed by atoms with Gasteiger partial charge in [0, 0.05) is 18.1 Å². The van der Waals surface area contributed by atoms with Crippen LogP contribution in [0.3, 0.4) is 0 Å². The van der Waals surface area contributed by atoms with Gasteiger partial charge in [-0.15, -0.1) is 0 Å². The largest absolute Gasteiger partial charge is 0.494 e. The molecule has 0 bridgehead atoms. The van der Waals surface area contributed by atoms with Crippen LogP contribution in [0, 0.1) is 5.82 Å². The summed E-state index contributed by atoms with van der Waals surface area (Å²) >= 11 is 0. The highest BCUT2D eigenvalue weighted by Crippen LogP contribution is 2.24. The Hall–Kier alpha value is -1.14. The van der Waals surface area contributed by atoms with Gasteiger partial charge in [-0.1, -0.05) is 13.0 Å². The van der Waals surface area contributed by atoms with Crippen molar-refractivity contribution in [3.8, 4) is 5.75 Å². The molecule has 0 saturated carbocycles. The number of rotatable bonds is 9. The van der Waals surface area contributed by atoms with Crippen molar-refractivity contribution in [1.82, 2.24) is 5.32 Å². The van der Waals surface area contributed by atoms with Gasteiger partial charge in [0.05, 0.1) is 7.11 Å². The first kappa shape index (κ1) is 17.9. The van der Waals surface area contributed by atoms with Gasteiger partial charge in [-0.3, -0.25) is 0 Å². The number of benzene rings is 1. The molecule has 1 unspecified atom stereocenters. The number of nitrogens with one attached hydrogen (secondary N) is 1. The van der Waals surface area contributed by atoms with Crippen LogP contribution in [0.4, 0.5) is 4.39 Å². The van der Waals surface area contributed by atoms with Crippen molar-refractivity contribution in [2.45, 2.75) is 32.2 Å². The summed E-state index contributed by atoms with van der Waals surface area (Å²) in [5.74, 6) is -0.0406. The molecule has 0 spiro atoms. The minimum Gasteiger partial charge on any atom is -0.494 e. The van der Waals surface area contributed by atoms with Crippen LogP contribution < -0.4 is 10.1 Å². The van der Waals surface area contributed by atoms with Gasteiger partial charge in [-0.2, -0.15) is 0 Å². The van der Waals surface area contributed by atoms with Crippen molar-refractivity contribution in [2.75, 3.05) is 25.7 Å². The molecule has 1 rings (SSSR count). The van der Waals surface area contributed by atoms with Crippen molar-refractivity contribution in [2.24, 2.45) is 0 Å².